The van der Waals surface area contributed by atoms with Crippen LogP contribution in [0.15, 0.2) is 48.8 Å². The zero-order valence-corrected chi connectivity index (χ0v) is 12.9. The molecule has 0 aliphatic heterocycles. The van der Waals surface area contributed by atoms with Crippen molar-refractivity contribution in [1.29, 1.82) is 0 Å². The third-order valence-corrected chi connectivity index (χ3v) is 3.94. The number of anilines is 1. The highest BCUT2D eigenvalue weighted by atomic mass is 35.5. The van der Waals surface area contributed by atoms with E-state index in [4.69, 9.17) is 11.6 Å². The van der Waals surface area contributed by atoms with E-state index in [1.54, 1.807) is 0 Å². The third-order valence-electron chi connectivity index (χ3n) is 3.57. The first kappa shape index (κ1) is 14.0. The molecule has 0 spiro atoms. The molecule has 4 heteroatoms. The Morgan fingerprint density at radius 3 is 2.76 bits per heavy atom. The molecule has 0 atom stereocenters. The molecule has 0 radical (unpaired) electrons. The SMILES string of the molecule is CC(C)n1cnc2cc(NCc3ccccc3Cl)ccc21. The summed E-state index contributed by atoms with van der Waals surface area (Å²) < 4.78 is 2.17. The lowest BCUT2D eigenvalue weighted by atomic mass is 10.2. The Labute approximate surface area is 129 Å². The first-order valence-corrected chi connectivity index (χ1v) is 7.47. The van der Waals surface area contributed by atoms with Crippen molar-refractivity contribution in [2.75, 3.05) is 5.32 Å². The number of benzene rings is 2. The molecular weight excluding hydrogens is 282 g/mol. The molecule has 3 aromatic rings. The van der Waals surface area contributed by atoms with Gasteiger partial charge in [0.2, 0.25) is 0 Å². The highest BCUT2D eigenvalue weighted by Gasteiger charge is 2.06. The highest BCUT2D eigenvalue weighted by molar-refractivity contribution is 6.31. The van der Waals surface area contributed by atoms with E-state index in [-0.39, 0.29) is 0 Å². The van der Waals surface area contributed by atoms with Crippen LogP contribution in [0.5, 0.6) is 0 Å². The first-order valence-electron chi connectivity index (χ1n) is 7.09. The molecule has 1 heterocycles. The second kappa shape index (κ2) is 5.78. The molecule has 0 unspecified atom stereocenters. The van der Waals surface area contributed by atoms with Crippen molar-refractivity contribution < 1.29 is 0 Å². The standard InChI is InChI=1S/C17H18ClN3/c1-12(2)21-11-20-16-9-14(7-8-17(16)21)19-10-13-5-3-4-6-15(13)18/h3-9,11-12,19H,10H2,1-2H3. The number of fused-ring (bicyclic) bond motifs is 1. The van der Waals surface area contributed by atoms with Gasteiger partial charge in [0, 0.05) is 23.3 Å². The van der Waals surface area contributed by atoms with Gasteiger partial charge in [0.15, 0.2) is 0 Å². The average molecular weight is 300 g/mol. The first-order chi connectivity index (χ1) is 10.1. The van der Waals surface area contributed by atoms with Crippen LogP contribution in [0.3, 0.4) is 0 Å². The Bertz CT molecular complexity index is 762. The lowest BCUT2D eigenvalue weighted by molar-refractivity contribution is 0.617. The summed E-state index contributed by atoms with van der Waals surface area (Å²) in [4.78, 5) is 4.47. The molecule has 3 rings (SSSR count). The van der Waals surface area contributed by atoms with Crippen LogP contribution in [-0.4, -0.2) is 9.55 Å². The van der Waals surface area contributed by atoms with Crippen molar-refractivity contribution in [3.05, 3.63) is 59.4 Å². The average Bonchev–Trinajstić information content (AvgIpc) is 2.89. The van der Waals surface area contributed by atoms with Crippen molar-refractivity contribution >= 4 is 28.3 Å². The quantitative estimate of drug-likeness (QED) is 0.744. The van der Waals surface area contributed by atoms with Crippen LogP contribution in [-0.2, 0) is 6.54 Å². The molecule has 0 aliphatic rings. The Morgan fingerprint density at radius 1 is 1.19 bits per heavy atom. The molecule has 0 amide bonds. The van der Waals surface area contributed by atoms with Crippen LogP contribution in [0, 0.1) is 0 Å². The maximum absolute atomic E-state index is 6.17. The molecule has 1 N–H and O–H groups in total. The molecule has 21 heavy (non-hydrogen) atoms. The van der Waals surface area contributed by atoms with Gasteiger partial charge in [-0.2, -0.15) is 0 Å². The number of rotatable bonds is 4. The number of hydrogen-bond donors (Lipinski definition) is 1. The minimum absolute atomic E-state index is 0.414. The topological polar surface area (TPSA) is 29.9 Å². The van der Waals surface area contributed by atoms with Gasteiger partial charge in [-0.3, -0.25) is 0 Å². The summed E-state index contributed by atoms with van der Waals surface area (Å²) in [6.45, 7) is 5.02. The normalized spacial score (nSPS) is 11.2. The van der Waals surface area contributed by atoms with Crippen molar-refractivity contribution in [2.24, 2.45) is 0 Å². The Hall–Kier alpha value is -2.00. The van der Waals surface area contributed by atoms with Gasteiger partial charge in [0.05, 0.1) is 17.4 Å². The van der Waals surface area contributed by atoms with Crippen LogP contribution in [0.1, 0.15) is 25.5 Å². The van der Waals surface area contributed by atoms with Gasteiger partial charge in [-0.05, 0) is 43.7 Å². The van der Waals surface area contributed by atoms with Gasteiger partial charge < -0.3 is 9.88 Å². The van der Waals surface area contributed by atoms with Crippen LogP contribution in [0.2, 0.25) is 5.02 Å². The number of imidazole rings is 1. The van der Waals surface area contributed by atoms with Crippen molar-refractivity contribution in [2.45, 2.75) is 26.4 Å². The number of nitrogens with zero attached hydrogens (tertiary/aromatic N) is 2. The summed E-state index contributed by atoms with van der Waals surface area (Å²) in [6.07, 6.45) is 1.90. The van der Waals surface area contributed by atoms with Crippen molar-refractivity contribution in [3.8, 4) is 0 Å². The molecule has 0 fully saturated rings. The summed E-state index contributed by atoms with van der Waals surface area (Å²) >= 11 is 6.17. The molecule has 2 aromatic carbocycles. The number of hydrogen-bond acceptors (Lipinski definition) is 2. The van der Waals surface area contributed by atoms with Crippen molar-refractivity contribution in [3.63, 3.8) is 0 Å². The number of halogens is 1. The third kappa shape index (κ3) is 2.88. The molecule has 0 saturated heterocycles. The number of aromatic nitrogens is 2. The summed E-state index contributed by atoms with van der Waals surface area (Å²) in [6, 6.07) is 14.6. The maximum Gasteiger partial charge on any atom is 0.0960 e. The Morgan fingerprint density at radius 2 is 2.00 bits per heavy atom. The molecular formula is C17H18ClN3. The second-order valence-corrected chi connectivity index (χ2v) is 5.80. The smallest absolute Gasteiger partial charge is 0.0960 e. The predicted molar refractivity (Wildman–Crippen MR) is 88.9 cm³/mol. The monoisotopic (exact) mass is 299 g/mol. The fraction of sp³-hybridized carbons (Fsp3) is 0.235. The van der Waals surface area contributed by atoms with Gasteiger partial charge in [0.1, 0.15) is 0 Å². The van der Waals surface area contributed by atoms with E-state index in [9.17, 15) is 0 Å². The number of nitrogens with one attached hydrogen (secondary N) is 1. The predicted octanol–water partition coefficient (Wildman–Crippen LogP) is 4.88. The lowest BCUT2D eigenvalue weighted by Crippen LogP contribution is -2.00. The summed E-state index contributed by atoms with van der Waals surface area (Å²) in [7, 11) is 0. The fourth-order valence-electron chi connectivity index (χ4n) is 2.39. The summed E-state index contributed by atoms with van der Waals surface area (Å²) in [5.41, 5.74) is 4.31. The molecule has 0 aliphatic carbocycles. The van der Waals surface area contributed by atoms with E-state index in [1.807, 2.05) is 30.6 Å². The minimum Gasteiger partial charge on any atom is -0.381 e. The molecule has 0 bridgehead atoms. The van der Waals surface area contributed by atoms with Gasteiger partial charge in [0.25, 0.3) is 0 Å². The summed E-state index contributed by atoms with van der Waals surface area (Å²) in [5.74, 6) is 0. The van der Waals surface area contributed by atoms with Crippen LogP contribution < -0.4 is 5.32 Å². The maximum atomic E-state index is 6.17. The van der Waals surface area contributed by atoms with Crippen LogP contribution in [0.25, 0.3) is 11.0 Å². The fourth-order valence-corrected chi connectivity index (χ4v) is 2.59. The minimum atomic E-state index is 0.414. The van der Waals surface area contributed by atoms with Crippen LogP contribution in [0.4, 0.5) is 5.69 Å². The largest absolute Gasteiger partial charge is 0.381 e. The zero-order valence-electron chi connectivity index (χ0n) is 12.2. The van der Waals surface area contributed by atoms with E-state index in [1.165, 1.54) is 0 Å². The highest BCUT2D eigenvalue weighted by Crippen LogP contribution is 2.22. The van der Waals surface area contributed by atoms with Gasteiger partial charge in [-0.1, -0.05) is 29.8 Å². The van der Waals surface area contributed by atoms with E-state index in [0.29, 0.717) is 12.6 Å². The van der Waals surface area contributed by atoms with E-state index >= 15 is 0 Å². The Kier molecular flexibility index (Phi) is 3.84. The molecule has 108 valence electrons. The molecule has 3 nitrogen and oxygen atoms in total. The van der Waals surface area contributed by atoms with Gasteiger partial charge in [-0.25, -0.2) is 4.98 Å². The van der Waals surface area contributed by atoms with E-state index < -0.39 is 0 Å². The van der Waals surface area contributed by atoms with E-state index in [2.05, 4.69) is 46.9 Å². The van der Waals surface area contributed by atoms with Gasteiger partial charge in [-0.15, -0.1) is 0 Å². The lowest BCUT2D eigenvalue weighted by Gasteiger charge is -2.10. The second-order valence-electron chi connectivity index (χ2n) is 5.39. The Balaban J connectivity index is 1.81. The zero-order chi connectivity index (χ0) is 14.8. The van der Waals surface area contributed by atoms with Crippen LogP contribution >= 0.6 is 11.6 Å². The van der Waals surface area contributed by atoms with Crippen molar-refractivity contribution in [1.82, 2.24) is 9.55 Å². The molecule has 1 aromatic heterocycles. The van der Waals surface area contributed by atoms with E-state index in [0.717, 1.165) is 27.3 Å². The summed E-state index contributed by atoms with van der Waals surface area (Å²) in [5, 5.41) is 4.19. The molecule has 0 saturated carbocycles. The van der Waals surface area contributed by atoms with Gasteiger partial charge >= 0.3 is 0 Å².